The molecule has 0 radical (unpaired) electrons. The second-order valence-electron chi connectivity index (χ2n) is 9.84. The van der Waals surface area contributed by atoms with Crippen LogP contribution in [0.2, 0.25) is 0 Å². The van der Waals surface area contributed by atoms with E-state index in [1.165, 1.54) is 36.6 Å². The smallest absolute Gasteiger partial charge is 0.225 e. The Hall–Kier alpha value is -2.67. The van der Waals surface area contributed by atoms with Gasteiger partial charge in [-0.15, -0.1) is 0 Å². The van der Waals surface area contributed by atoms with Crippen molar-refractivity contribution in [3.8, 4) is 0 Å². The van der Waals surface area contributed by atoms with E-state index in [-0.39, 0.29) is 16.6 Å². The molecule has 0 spiro atoms. The van der Waals surface area contributed by atoms with Crippen molar-refractivity contribution in [2.24, 2.45) is 13.0 Å². The number of hydrogen-bond donors (Lipinski definition) is 0. The molecule has 2 fully saturated rings. The lowest BCUT2D eigenvalue weighted by Gasteiger charge is -2.33. The number of halogens is 1. The zero-order valence-corrected chi connectivity index (χ0v) is 20.4. The highest BCUT2D eigenvalue weighted by Gasteiger charge is 2.31. The molecule has 0 N–H and O–H groups in total. The summed E-state index contributed by atoms with van der Waals surface area (Å²) in [5.74, 6) is 0.163. The molecule has 1 aromatic heterocycles. The van der Waals surface area contributed by atoms with Crippen molar-refractivity contribution in [1.29, 1.82) is 0 Å². The van der Waals surface area contributed by atoms with Crippen molar-refractivity contribution < 1.29 is 17.6 Å². The largest absolute Gasteiger partial charge is 0.350 e. The number of rotatable bonds is 5. The highest BCUT2D eigenvalue weighted by Crippen LogP contribution is 2.36. The van der Waals surface area contributed by atoms with E-state index in [4.69, 9.17) is 0 Å². The average Bonchev–Trinajstić information content (AvgIpc) is 3.47. The lowest BCUT2D eigenvalue weighted by Crippen LogP contribution is -2.40. The van der Waals surface area contributed by atoms with Crippen LogP contribution in [0.25, 0.3) is 10.9 Å². The van der Waals surface area contributed by atoms with Crippen molar-refractivity contribution in [1.82, 2.24) is 9.47 Å². The van der Waals surface area contributed by atoms with Gasteiger partial charge in [-0.3, -0.25) is 4.79 Å². The third-order valence-electron chi connectivity index (χ3n) is 7.55. The van der Waals surface area contributed by atoms with Gasteiger partial charge in [-0.05, 0) is 73.1 Å². The maximum atomic E-state index is 13.6. The van der Waals surface area contributed by atoms with E-state index in [2.05, 4.69) is 15.7 Å². The number of aryl methyl sites for hydroxylation is 1. The lowest BCUT2D eigenvalue weighted by molar-refractivity contribution is -0.136. The summed E-state index contributed by atoms with van der Waals surface area (Å²) < 4.78 is 41.4. The number of benzene rings is 2. The first-order chi connectivity index (χ1) is 16.3. The summed E-state index contributed by atoms with van der Waals surface area (Å²) in [6, 6.07) is 10.9. The van der Waals surface area contributed by atoms with Gasteiger partial charge in [0.05, 0.1) is 10.6 Å². The van der Waals surface area contributed by atoms with E-state index >= 15 is 0 Å². The van der Waals surface area contributed by atoms with Crippen molar-refractivity contribution in [3.63, 3.8) is 0 Å². The molecule has 1 saturated heterocycles. The molecule has 34 heavy (non-hydrogen) atoms. The van der Waals surface area contributed by atoms with Crippen LogP contribution >= 0.6 is 0 Å². The minimum Gasteiger partial charge on any atom is -0.350 e. The van der Waals surface area contributed by atoms with Gasteiger partial charge in [-0.2, -0.15) is 0 Å². The van der Waals surface area contributed by atoms with Crippen LogP contribution in [0.15, 0.2) is 53.6 Å². The summed E-state index contributed by atoms with van der Waals surface area (Å²) in [7, 11) is -1.64. The standard InChI is InChI=1S/C27H31FN2O3S/c1-29-17-25(20-11-13-30(14-12-20)27(31)21-5-2-3-6-21)24-15-19(9-10-26(24)29)18-34(32,33)23-8-4-7-22(28)16-23/h4,7-10,15-17,20-21H,2-3,5-6,11-14,18H2,1H3. The molecule has 5 rings (SSSR count). The summed E-state index contributed by atoms with van der Waals surface area (Å²) in [5, 5.41) is 1.06. The molecule has 5 nitrogen and oxygen atoms in total. The van der Waals surface area contributed by atoms with Crippen LogP contribution < -0.4 is 0 Å². The second kappa shape index (κ2) is 9.17. The highest BCUT2D eigenvalue weighted by atomic mass is 32.2. The van der Waals surface area contributed by atoms with Gasteiger partial charge in [0.1, 0.15) is 5.82 Å². The van der Waals surface area contributed by atoms with Crippen LogP contribution in [0, 0.1) is 11.7 Å². The van der Waals surface area contributed by atoms with Crippen LogP contribution in [0.5, 0.6) is 0 Å². The number of nitrogens with zero attached hydrogens (tertiary/aromatic N) is 2. The second-order valence-corrected chi connectivity index (χ2v) is 11.8. The molecular weight excluding hydrogens is 451 g/mol. The molecule has 1 aliphatic carbocycles. The van der Waals surface area contributed by atoms with Gasteiger partial charge in [0, 0.05) is 43.2 Å². The first kappa shape index (κ1) is 23.1. The Bertz CT molecular complexity index is 1320. The third kappa shape index (κ3) is 4.50. The van der Waals surface area contributed by atoms with Crippen LogP contribution in [-0.4, -0.2) is 36.9 Å². The molecule has 2 aromatic carbocycles. The zero-order valence-electron chi connectivity index (χ0n) is 19.5. The van der Waals surface area contributed by atoms with Crippen LogP contribution in [-0.2, 0) is 27.4 Å². The van der Waals surface area contributed by atoms with E-state index in [1.807, 2.05) is 25.2 Å². The third-order valence-corrected chi connectivity index (χ3v) is 9.23. The first-order valence-electron chi connectivity index (χ1n) is 12.2. The fourth-order valence-corrected chi connectivity index (χ4v) is 7.05. The summed E-state index contributed by atoms with van der Waals surface area (Å²) in [6.45, 7) is 1.56. The zero-order chi connectivity index (χ0) is 23.9. The van der Waals surface area contributed by atoms with Crippen molar-refractivity contribution >= 4 is 26.6 Å². The van der Waals surface area contributed by atoms with E-state index in [0.29, 0.717) is 17.4 Å². The lowest BCUT2D eigenvalue weighted by atomic mass is 9.88. The van der Waals surface area contributed by atoms with Crippen LogP contribution in [0.1, 0.15) is 55.6 Å². The number of likely N-dealkylation sites (tertiary alicyclic amines) is 1. The van der Waals surface area contributed by atoms with Gasteiger partial charge in [0.25, 0.3) is 0 Å². The summed E-state index contributed by atoms with van der Waals surface area (Å²) >= 11 is 0. The molecule has 1 saturated carbocycles. The number of carbonyl (C=O) groups excluding carboxylic acids is 1. The van der Waals surface area contributed by atoms with Crippen molar-refractivity contribution in [2.45, 2.75) is 55.1 Å². The molecule has 2 heterocycles. The van der Waals surface area contributed by atoms with Gasteiger partial charge in [0.2, 0.25) is 5.91 Å². The highest BCUT2D eigenvalue weighted by molar-refractivity contribution is 7.90. The van der Waals surface area contributed by atoms with Gasteiger partial charge < -0.3 is 9.47 Å². The SMILES string of the molecule is Cn1cc(C2CCN(C(=O)C3CCCC3)CC2)c2cc(CS(=O)(=O)c3cccc(F)c3)ccc21. The quantitative estimate of drug-likeness (QED) is 0.503. The molecule has 7 heteroatoms. The topological polar surface area (TPSA) is 59.4 Å². The summed E-state index contributed by atoms with van der Waals surface area (Å²) in [5.41, 5.74) is 2.97. The Morgan fingerprint density at radius 2 is 1.76 bits per heavy atom. The van der Waals surface area contributed by atoms with Crippen molar-refractivity contribution in [3.05, 3.63) is 65.6 Å². The number of piperidine rings is 1. The molecule has 3 aromatic rings. The van der Waals surface area contributed by atoms with E-state index in [0.717, 1.165) is 55.7 Å². The van der Waals surface area contributed by atoms with Gasteiger partial charge in [-0.1, -0.05) is 25.0 Å². The maximum absolute atomic E-state index is 13.6. The van der Waals surface area contributed by atoms with Gasteiger partial charge >= 0.3 is 0 Å². The molecule has 1 aliphatic heterocycles. The summed E-state index contributed by atoms with van der Waals surface area (Å²) in [4.78, 5) is 14.9. The maximum Gasteiger partial charge on any atom is 0.225 e. The number of carbonyl (C=O) groups is 1. The average molecular weight is 483 g/mol. The van der Waals surface area contributed by atoms with Crippen molar-refractivity contribution in [2.75, 3.05) is 13.1 Å². The molecule has 2 aliphatic rings. The molecular formula is C27H31FN2O3S. The molecule has 1 amide bonds. The molecule has 0 unspecified atom stereocenters. The van der Waals surface area contributed by atoms with E-state index in [1.54, 1.807) is 0 Å². The fraction of sp³-hybridized carbons (Fsp3) is 0.444. The Balaban J connectivity index is 1.36. The Morgan fingerprint density at radius 3 is 2.47 bits per heavy atom. The predicted molar refractivity (Wildman–Crippen MR) is 131 cm³/mol. The van der Waals surface area contributed by atoms with E-state index < -0.39 is 15.7 Å². The Labute approximate surface area is 200 Å². The molecule has 0 atom stereocenters. The van der Waals surface area contributed by atoms with Crippen LogP contribution in [0.4, 0.5) is 4.39 Å². The number of hydrogen-bond acceptors (Lipinski definition) is 3. The predicted octanol–water partition coefficient (Wildman–Crippen LogP) is 5.19. The van der Waals surface area contributed by atoms with Gasteiger partial charge in [-0.25, -0.2) is 12.8 Å². The minimum atomic E-state index is -3.65. The normalized spacial score (nSPS) is 18.1. The molecule has 180 valence electrons. The molecule has 0 bridgehead atoms. The van der Waals surface area contributed by atoms with Gasteiger partial charge in [0.15, 0.2) is 9.84 Å². The Morgan fingerprint density at radius 1 is 1.03 bits per heavy atom. The fourth-order valence-electron chi connectivity index (χ4n) is 5.69. The first-order valence-corrected chi connectivity index (χ1v) is 13.8. The van der Waals surface area contributed by atoms with Crippen LogP contribution in [0.3, 0.4) is 0 Å². The number of sulfone groups is 1. The number of amides is 1. The minimum absolute atomic E-state index is 0.000170. The Kier molecular flexibility index (Phi) is 6.23. The summed E-state index contributed by atoms with van der Waals surface area (Å²) in [6.07, 6.45) is 8.38. The number of aromatic nitrogens is 1. The monoisotopic (exact) mass is 482 g/mol. The van der Waals surface area contributed by atoms with E-state index in [9.17, 15) is 17.6 Å². The number of fused-ring (bicyclic) bond motifs is 1.